The number of esters is 2. The summed E-state index contributed by atoms with van der Waals surface area (Å²) in [5, 5.41) is 0. The molecule has 0 aromatic carbocycles. The van der Waals surface area contributed by atoms with E-state index in [1.807, 2.05) is 27.7 Å². The maximum absolute atomic E-state index is 13.3. The zero-order chi connectivity index (χ0) is 18.4. The van der Waals surface area contributed by atoms with Crippen LogP contribution in [-0.4, -0.2) is 43.1 Å². The van der Waals surface area contributed by atoms with E-state index in [4.69, 9.17) is 9.47 Å². The average molecular weight is 362 g/mol. The van der Waals surface area contributed by atoms with E-state index >= 15 is 0 Å². The standard InChI is InChI=1S/C18H35O5P/c1-5-9-11-22-17(19)15-16(18(20)23-12-10-6-2)24(21,13-7-3)14-8-4/h16H,5-15H2,1-4H3/t16-/m1/s1. The Morgan fingerprint density at radius 1 is 0.833 bits per heavy atom. The zero-order valence-corrected chi connectivity index (χ0v) is 16.7. The predicted octanol–water partition coefficient (Wildman–Crippen LogP) is 4.61. The van der Waals surface area contributed by atoms with Crippen LogP contribution in [0.25, 0.3) is 0 Å². The number of unbranched alkanes of at least 4 members (excludes halogenated alkanes) is 2. The van der Waals surface area contributed by atoms with E-state index in [1.54, 1.807) is 0 Å². The zero-order valence-electron chi connectivity index (χ0n) is 15.8. The lowest BCUT2D eigenvalue weighted by atomic mass is 10.3. The van der Waals surface area contributed by atoms with Gasteiger partial charge in [0.15, 0.2) is 0 Å². The molecule has 0 heterocycles. The molecule has 24 heavy (non-hydrogen) atoms. The highest BCUT2D eigenvalue weighted by Crippen LogP contribution is 2.53. The highest BCUT2D eigenvalue weighted by molar-refractivity contribution is 7.65. The minimum absolute atomic E-state index is 0.133. The van der Waals surface area contributed by atoms with Gasteiger partial charge in [-0.3, -0.25) is 9.59 Å². The molecule has 0 radical (unpaired) electrons. The van der Waals surface area contributed by atoms with E-state index < -0.39 is 24.7 Å². The van der Waals surface area contributed by atoms with Crippen LogP contribution in [0, 0.1) is 0 Å². The highest BCUT2D eigenvalue weighted by atomic mass is 31.2. The van der Waals surface area contributed by atoms with Crippen LogP contribution in [0.1, 0.15) is 72.6 Å². The van der Waals surface area contributed by atoms with Gasteiger partial charge < -0.3 is 14.0 Å². The van der Waals surface area contributed by atoms with Crippen LogP contribution in [0.2, 0.25) is 0 Å². The molecule has 0 fully saturated rings. The van der Waals surface area contributed by atoms with E-state index in [0.29, 0.717) is 25.5 Å². The molecule has 6 heteroatoms. The number of hydrogen-bond donors (Lipinski definition) is 0. The van der Waals surface area contributed by atoms with Crippen molar-refractivity contribution in [3.63, 3.8) is 0 Å². The maximum atomic E-state index is 13.3. The van der Waals surface area contributed by atoms with Crippen LogP contribution in [-0.2, 0) is 23.6 Å². The molecule has 0 rings (SSSR count). The first kappa shape index (κ1) is 23.2. The van der Waals surface area contributed by atoms with Crippen molar-refractivity contribution < 1.29 is 23.6 Å². The van der Waals surface area contributed by atoms with Crippen molar-refractivity contribution in [3.05, 3.63) is 0 Å². The van der Waals surface area contributed by atoms with Gasteiger partial charge in [0.1, 0.15) is 12.8 Å². The molecule has 0 aromatic heterocycles. The molecule has 142 valence electrons. The summed E-state index contributed by atoms with van der Waals surface area (Å²) < 4.78 is 23.8. The quantitative estimate of drug-likeness (QED) is 0.256. The third kappa shape index (κ3) is 8.86. The average Bonchev–Trinajstić information content (AvgIpc) is 2.53. The van der Waals surface area contributed by atoms with Crippen molar-refractivity contribution >= 4 is 19.1 Å². The van der Waals surface area contributed by atoms with Gasteiger partial charge in [0.25, 0.3) is 0 Å². The first-order valence-electron chi connectivity index (χ1n) is 9.35. The summed E-state index contributed by atoms with van der Waals surface area (Å²) in [6.07, 6.45) is 5.66. The molecule has 0 N–H and O–H groups in total. The summed E-state index contributed by atoms with van der Waals surface area (Å²) >= 11 is 0. The van der Waals surface area contributed by atoms with E-state index in [-0.39, 0.29) is 6.42 Å². The molecule has 0 bridgehead atoms. The Balaban J connectivity index is 5.07. The van der Waals surface area contributed by atoms with Crippen LogP contribution in [0.5, 0.6) is 0 Å². The van der Waals surface area contributed by atoms with Gasteiger partial charge in [-0.05, 0) is 25.7 Å². The third-order valence-electron chi connectivity index (χ3n) is 3.91. The first-order chi connectivity index (χ1) is 11.4. The van der Waals surface area contributed by atoms with E-state index in [2.05, 4.69) is 0 Å². The Hall–Kier alpha value is -0.830. The third-order valence-corrected chi connectivity index (χ3v) is 7.85. The summed E-state index contributed by atoms with van der Waals surface area (Å²) in [5.74, 6) is -0.950. The molecule has 0 amide bonds. The maximum Gasteiger partial charge on any atom is 0.317 e. The van der Waals surface area contributed by atoms with Gasteiger partial charge in [0.05, 0.1) is 19.6 Å². The molecule has 0 spiro atoms. The van der Waals surface area contributed by atoms with Gasteiger partial charge in [-0.25, -0.2) is 0 Å². The van der Waals surface area contributed by atoms with Gasteiger partial charge in [0, 0.05) is 12.3 Å². The smallest absolute Gasteiger partial charge is 0.317 e. The Morgan fingerprint density at radius 3 is 1.79 bits per heavy atom. The van der Waals surface area contributed by atoms with Crippen LogP contribution in [0.15, 0.2) is 0 Å². The molecule has 0 aliphatic rings. The number of ether oxygens (including phenoxy) is 2. The molecule has 0 saturated carbocycles. The van der Waals surface area contributed by atoms with Crippen molar-refractivity contribution in [1.29, 1.82) is 0 Å². The van der Waals surface area contributed by atoms with Gasteiger partial charge in [-0.2, -0.15) is 0 Å². The number of hydrogen-bond acceptors (Lipinski definition) is 5. The molecule has 0 saturated heterocycles. The lowest BCUT2D eigenvalue weighted by molar-refractivity contribution is -0.150. The lowest BCUT2D eigenvalue weighted by Gasteiger charge is -2.25. The van der Waals surface area contributed by atoms with Crippen molar-refractivity contribution in [1.82, 2.24) is 0 Å². The van der Waals surface area contributed by atoms with Crippen molar-refractivity contribution in [2.45, 2.75) is 78.3 Å². The van der Waals surface area contributed by atoms with Gasteiger partial charge in [0.2, 0.25) is 0 Å². The summed E-state index contributed by atoms with van der Waals surface area (Å²) in [6, 6.07) is 0. The Morgan fingerprint density at radius 2 is 1.33 bits per heavy atom. The fourth-order valence-corrected chi connectivity index (χ4v) is 5.88. The number of rotatable bonds is 14. The van der Waals surface area contributed by atoms with Gasteiger partial charge in [-0.15, -0.1) is 0 Å². The summed E-state index contributed by atoms with van der Waals surface area (Å²) in [7, 11) is -2.80. The van der Waals surface area contributed by atoms with Crippen molar-refractivity contribution in [2.75, 3.05) is 25.5 Å². The second kappa shape index (κ2) is 13.5. The van der Waals surface area contributed by atoms with Gasteiger partial charge >= 0.3 is 11.9 Å². The van der Waals surface area contributed by atoms with Crippen LogP contribution in [0.3, 0.4) is 0 Å². The van der Waals surface area contributed by atoms with Crippen LogP contribution >= 0.6 is 7.14 Å². The first-order valence-corrected chi connectivity index (χ1v) is 11.5. The molecule has 0 aliphatic heterocycles. The molecule has 0 aromatic rings. The summed E-state index contributed by atoms with van der Waals surface area (Å²) in [5.41, 5.74) is -0.858. The Kier molecular flexibility index (Phi) is 13.0. The molecule has 5 nitrogen and oxygen atoms in total. The Labute approximate surface area is 147 Å². The summed E-state index contributed by atoms with van der Waals surface area (Å²) in [6.45, 7) is 8.57. The number of carbonyl (C=O) groups is 2. The van der Waals surface area contributed by atoms with E-state index in [0.717, 1.165) is 38.5 Å². The monoisotopic (exact) mass is 362 g/mol. The molecule has 0 aliphatic carbocycles. The van der Waals surface area contributed by atoms with E-state index in [1.165, 1.54) is 0 Å². The minimum Gasteiger partial charge on any atom is -0.466 e. The fraction of sp³-hybridized carbons (Fsp3) is 0.889. The van der Waals surface area contributed by atoms with Crippen LogP contribution in [0.4, 0.5) is 0 Å². The van der Waals surface area contributed by atoms with Gasteiger partial charge in [-0.1, -0.05) is 40.5 Å². The lowest BCUT2D eigenvalue weighted by Crippen LogP contribution is -2.30. The summed E-state index contributed by atoms with van der Waals surface area (Å²) in [4.78, 5) is 24.5. The molecule has 1 atom stereocenters. The normalized spacial score (nSPS) is 12.7. The molecular weight excluding hydrogens is 327 g/mol. The van der Waals surface area contributed by atoms with E-state index in [9.17, 15) is 14.2 Å². The predicted molar refractivity (Wildman–Crippen MR) is 98.1 cm³/mol. The second-order valence-corrected chi connectivity index (χ2v) is 9.64. The van der Waals surface area contributed by atoms with Crippen LogP contribution < -0.4 is 0 Å². The minimum atomic E-state index is -2.80. The topological polar surface area (TPSA) is 69.7 Å². The largest absolute Gasteiger partial charge is 0.466 e. The molecule has 0 unspecified atom stereocenters. The SMILES string of the molecule is CCCCOC(=O)C[C@H](C(=O)OCCCC)P(=O)(CCC)CCC. The fourth-order valence-electron chi connectivity index (χ4n) is 2.58. The number of carbonyl (C=O) groups excluding carboxylic acids is 2. The highest BCUT2D eigenvalue weighted by Gasteiger charge is 2.40. The second-order valence-electron chi connectivity index (χ2n) is 6.21. The van der Waals surface area contributed by atoms with Crippen molar-refractivity contribution in [3.8, 4) is 0 Å². The molecular formula is C18H35O5P. The Bertz CT molecular complexity index is 398. The van der Waals surface area contributed by atoms with Crippen molar-refractivity contribution in [2.24, 2.45) is 0 Å².